The van der Waals surface area contributed by atoms with Gasteiger partial charge < -0.3 is 9.52 Å². The molecule has 1 N–H and O–H groups in total. The third kappa shape index (κ3) is 2.10. The fourth-order valence-electron chi connectivity index (χ4n) is 2.74. The lowest BCUT2D eigenvalue weighted by Crippen LogP contribution is -2.13. The average Bonchev–Trinajstić information content (AvgIpc) is 3.04. The van der Waals surface area contributed by atoms with Crippen molar-refractivity contribution < 1.29 is 9.52 Å². The van der Waals surface area contributed by atoms with Crippen LogP contribution in [-0.2, 0) is 6.54 Å². The van der Waals surface area contributed by atoms with Gasteiger partial charge in [0.1, 0.15) is 0 Å². The largest absolute Gasteiger partial charge is 0.419 e. The maximum absolute atomic E-state index is 11.7. The molecule has 4 nitrogen and oxygen atoms in total. The van der Waals surface area contributed by atoms with E-state index < -0.39 is 6.10 Å². The Morgan fingerprint density at radius 1 is 1.53 bits per heavy atom. The summed E-state index contributed by atoms with van der Waals surface area (Å²) < 4.78 is 6.91. The SMILES string of the molecule is CCCn1c(=O)oc2cc(C(O)C3CC3C)ccc21. The maximum Gasteiger partial charge on any atom is 0.419 e. The average molecular weight is 261 g/mol. The smallest absolute Gasteiger partial charge is 0.408 e. The van der Waals surface area contributed by atoms with Crippen molar-refractivity contribution in [2.45, 2.75) is 39.3 Å². The summed E-state index contributed by atoms with van der Waals surface area (Å²) in [6.45, 7) is 4.83. The zero-order chi connectivity index (χ0) is 13.6. The van der Waals surface area contributed by atoms with Crippen LogP contribution in [0.5, 0.6) is 0 Å². The van der Waals surface area contributed by atoms with E-state index in [1.807, 2.05) is 19.1 Å². The van der Waals surface area contributed by atoms with E-state index in [1.165, 1.54) is 0 Å². The van der Waals surface area contributed by atoms with E-state index in [0.29, 0.717) is 24.0 Å². The highest BCUT2D eigenvalue weighted by atomic mass is 16.4. The molecule has 1 aliphatic carbocycles. The fraction of sp³-hybridized carbons (Fsp3) is 0.533. The first-order valence-corrected chi connectivity index (χ1v) is 6.93. The lowest BCUT2D eigenvalue weighted by atomic mass is 10.0. The Kier molecular flexibility index (Phi) is 2.97. The summed E-state index contributed by atoms with van der Waals surface area (Å²) in [5.41, 5.74) is 2.23. The molecule has 1 fully saturated rings. The van der Waals surface area contributed by atoms with Crippen molar-refractivity contribution in [3.05, 3.63) is 34.3 Å². The van der Waals surface area contributed by atoms with Gasteiger partial charge in [-0.25, -0.2) is 4.79 Å². The molecule has 1 aromatic carbocycles. The Labute approximate surface area is 111 Å². The van der Waals surface area contributed by atoms with Gasteiger partial charge in [0.25, 0.3) is 0 Å². The molecule has 1 aromatic heterocycles. The number of aryl methyl sites for hydroxylation is 1. The van der Waals surface area contributed by atoms with Gasteiger partial charge in [-0.15, -0.1) is 0 Å². The first-order valence-electron chi connectivity index (χ1n) is 6.93. The van der Waals surface area contributed by atoms with Crippen LogP contribution in [0.3, 0.4) is 0 Å². The predicted molar refractivity (Wildman–Crippen MR) is 73.0 cm³/mol. The summed E-state index contributed by atoms with van der Waals surface area (Å²) in [6.07, 6.45) is 1.51. The van der Waals surface area contributed by atoms with Gasteiger partial charge in [-0.3, -0.25) is 4.57 Å². The molecule has 4 heteroatoms. The first-order chi connectivity index (χ1) is 9.11. The number of rotatable bonds is 4. The third-order valence-electron chi connectivity index (χ3n) is 4.06. The normalized spacial score (nSPS) is 23.7. The Morgan fingerprint density at radius 3 is 2.89 bits per heavy atom. The number of benzene rings is 1. The molecule has 0 saturated heterocycles. The van der Waals surface area contributed by atoms with E-state index >= 15 is 0 Å². The van der Waals surface area contributed by atoms with Crippen molar-refractivity contribution in [3.8, 4) is 0 Å². The number of aliphatic hydroxyl groups excluding tert-OH is 1. The summed E-state index contributed by atoms with van der Waals surface area (Å²) >= 11 is 0. The van der Waals surface area contributed by atoms with Gasteiger partial charge in [-0.1, -0.05) is 19.9 Å². The van der Waals surface area contributed by atoms with Gasteiger partial charge in [0.05, 0.1) is 11.6 Å². The summed E-state index contributed by atoms with van der Waals surface area (Å²) in [7, 11) is 0. The van der Waals surface area contributed by atoms with Gasteiger partial charge in [-0.2, -0.15) is 0 Å². The van der Waals surface area contributed by atoms with E-state index in [0.717, 1.165) is 23.9 Å². The minimum Gasteiger partial charge on any atom is -0.408 e. The first kappa shape index (κ1) is 12.5. The molecule has 0 aliphatic heterocycles. The van der Waals surface area contributed by atoms with Gasteiger partial charge in [0.2, 0.25) is 0 Å². The highest BCUT2D eigenvalue weighted by molar-refractivity contribution is 5.73. The summed E-state index contributed by atoms with van der Waals surface area (Å²) in [4.78, 5) is 11.7. The van der Waals surface area contributed by atoms with E-state index in [2.05, 4.69) is 6.92 Å². The Hall–Kier alpha value is -1.55. The summed E-state index contributed by atoms with van der Waals surface area (Å²) in [6, 6.07) is 5.58. The van der Waals surface area contributed by atoms with Crippen LogP contribution in [0.4, 0.5) is 0 Å². The van der Waals surface area contributed by atoms with Crippen LogP contribution >= 0.6 is 0 Å². The highest BCUT2D eigenvalue weighted by Crippen LogP contribution is 2.47. The molecule has 0 bridgehead atoms. The number of aromatic nitrogens is 1. The van der Waals surface area contributed by atoms with Gasteiger partial charge in [-0.05, 0) is 42.4 Å². The number of fused-ring (bicyclic) bond motifs is 1. The lowest BCUT2D eigenvalue weighted by molar-refractivity contribution is 0.148. The van der Waals surface area contributed by atoms with Crippen molar-refractivity contribution in [3.63, 3.8) is 0 Å². The van der Waals surface area contributed by atoms with Gasteiger partial charge in [0, 0.05) is 6.54 Å². The van der Waals surface area contributed by atoms with E-state index in [4.69, 9.17) is 4.42 Å². The summed E-state index contributed by atoms with van der Waals surface area (Å²) in [5.74, 6) is 0.618. The second-order valence-corrected chi connectivity index (χ2v) is 5.57. The molecule has 3 rings (SSSR count). The number of hydrogen-bond donors (Lipinski definition) is 1. The van der Waals surface area contributed by atoms with Crippen molar-refractivity contribution in [1.29, 1.82) is 0 Å². The third-order valence-corrected chi connectivity index (χ3v) is 4.06. The van der Waals surface area contributed by atoms with E-state index in [-0.39, 0.29) is 5.76 Å². The van der Waals surface area contributed by atoms with Crippen LogP contribution in [0, 0.1) is 11.8 Å². The monoisotopic (exact) mass is 261 g/mol. The second-order valence-electron chi connectivity index (χ2n) is 5.57. The van der Waals surface area contributed by atoms with Crippen molar-refractivity contribution in [2.75, 3.05) is 0 Å². The number of aliphatic hydroxyl groups is 1. The van der Waals surface area contributed by atoms with Crippen LogP contribution in [0.25, 0.3) is 11.1 Å². The molecule has 2 aromatic rings. The quantitative estimate of drug-likeness (QED) is 0.920. The minimum absolute atomic E-state index is 0.316. The number of nitrogens with zero attached hydrogens (tertiary/aromatic N) is 1. The molecule has 1 heterocycles. The standard InChI is InChI=1S/C15H19NO3/c1-3-6-16-12-5-4-10(8-13(12)19-15(16)18)14(17)11-7-9(11)2/h4-5,8-9,11,14,17H,3,6-7H2,1-2H3. The maximum atomic E-state index is 11.7. The minimum atomic E-state index is -0.445. The van der Waals surface area contributed by atoms with Crippen LogP contribution in [0.2, 0.25) is 0 Å². The van der Waals surface area contributed by atoms with Crippen LogP contribution in [-0.4, -0.2) is 9.67 Å². The molecule has 0 spiro atoms. The molecule has 0 radical (unpaired) electrons. The fourth-order valence-corrected chi connectivity index (χ4v) is 2.74. The second kappa shape index (κ2) is 4.53. The Morgan fingerprint density at radius 2 is 2.26 bits per heavy atom. The molecule has 3 atom stereocenters. The lowest BCUT2D eigenvalue weighted by Gasteiger charge is -2.09. The highest BCUT2D eigenvalue weighted by Gasteiger charge is 2.39. The van der Waals surface area contributed by atoms with E-state index in [9.17, 15) is 9.90 Å². The molecule has 102 valence electrons. The number of hydrogen-bond acceptors (Lipinski definition) is 3. The van der Waals surface area contributed by atoms with Gasteiger partial charge >= 0.3 is 5.76 Å². The molecule has 19 heavy (non-hydrogen) atoms. The predicted octanol–water partition coefficient (Wildman–Crippen LogP) is 2.69. The van der Waals surface area contributed by atoms with Crippen molar-refractivity contribution in [2.24, 2.45) is 11.8 Å². The van der Waals surface area contributed by atoms with Crippen molar-refractivity contribution in [1.82, 2.24) is 4.57 Å². The van der Waals surface area contributed by atoms with Crippen LogP contribution in [0.15, 0.2) is 27.4 Å². The van der Waals surface area contributed by atoms with Crippen molar-refractivity contribution >= 4 is 11.1 Å². The molecule has 1 saturated carbocycles. The number of oxazole rings is 1. The molecular formula is C15H19NO3. The van der Waals surface area contributed by atoms with E-state index in [1.54, 1.807) is 10.6 Å². The summed E-state index contributed by atoms with van der Waals surface area (Å²) in [5, 5.41) is 10.2. The molecule has 1 aliphatic rings. The molecule has 0 amide bonds. The Balaban J connectivity index is 2.00. The van der Waals surface area contributed by atoms with Gasteiger partial charge in [0.15, 0.2) is 5.58 Å². The van der Waals surface area contributed by atoms with Crippen LogP contribution < -0.4 is 5.76 Å². The molecular weight excluding hydrogens is 242 g/mol. The molecule has 3 unspecified atom stereocenters. The topological polar surface area (TPSA) is 55.4 Å². The zero-order valence-electron chi connectivity index (χ0n) is 11.3. The van der Waals surface area contributed by atoms with Crippen LogP contribution in [0.1, 0.15) is 38.4 Å². The Bertz CT molecular complexity index is 655. The zero-order valence-corrected chi connectivity index (χ0v) is 11.3.